The molecule has 1 aromatic carbocycles. The number of amides is 1. The molecule has 0 heterocycles. The lowest BCUT2D eigenvalue weighted by Crippen LogP contribution is -2.26. The minimum Gasteiger partial charge on any atom is -0.464 e. The van der Waals surface area contributed by atoms with Crippen LogP contribution in [-0.2, 0) is 9.53 Å². The minimum atomic E-state index is -0.842. The molecule has 2 radical (unpaired) electrons. The van der Waals surface area contributed by atoms with Gasteiger partial charge in [0, 0.05) is 5.69 Å². The van der Waals surface area contributed by atoms with Crippen LogP contribution in [0.4, 0.5) is 10.5 Å². The highest BCUT2D eigenvalue weighted by Crippen LogP contribution is 2.10. The van der Waals surface area contributed by atoms with Gasteiger partial charge in [-0.05, 0) is 23.8 Å². The van der Waals surface area contributed by atoms with E-state index in [1.54, 1.807) is 24.3 Å². The lowest BCUT2D eigenvalue weighted by atomic mass is 10.1. The van der Waals surface area contributed by atoms with Gasteiger partial charge in [0.25, 0.3) is 0 Å². The summed E-state index contributed by atoms with van der Waals surface area (Å²) in [5, 5.41) is 2.18. The molecule has 0 aromatic heterocycles. The maximum absolute atomic E-state index is 11.3. The second-order valence-corrected chi connectivity index (χ2v) is 3.21. The summed E-state index contributed by atoms with van der Waals surface area (Å²) in [6.45, 7) is 0. The van der Waals surface area contributed by atoms with Crippen molar-refractivity contribution < 1.29 is 14.3 Å². The number of anilines is 1. The van der Waals surface area contributed by atoms with E-state index >= 15 is 0 Å². The topological polar surface area (TPSA) is 81.4 Å². The first-order valence-electron chi connectivity index (χ1n) is 4.75. The van der Waals surface area contributed by atoms with Gasteiger partial charge in [-0.25, -0.2) is 4.79 Å². The molecule has 5 nitrogen and oxygen atoms in total. The molecule has 0 aliphatic rings. The third kappa shape index (κ3) is 4.02. The van der Waals surface area contributed by atoms with E-state index in [1.165, 1.54) is 13.2 Å². The summed E-state index contributed by atoms with van der Waals surface area (Å²) in [6.07, 6.45) is 1.42. The van der Waals surface area contributed by atoms with Gasteiger partial charge in [-0.15, -0.1) is 0 Å². The van der Waals surface area contributed by atoms with Crippen LogP contribution in [0.3, 0.4) is 0 Å². The molecule has 1 aromatic rings. The number of carbonyl (C=O) groups excluding carboxylic acids is 2. The standard InChI is InChI=1S/C11H11BN2O3/c1-17-10(15)9(14-11(12)16)6-7-3-2-4-8(13)5-7/h2-6H,13H2,1H3,(H,14,16). The monoisotopic (exact) mass is 230 g/mol. The second kappa shape index (κ2) is 5.74. The molecule has 0 fully saturated rings. The van der Waals surface area contributed by atoms with Crippen LogP contribution in [0.15, 0.2) is 30.0 Å². The van der Waals surface area contributed by atoms with Crippen molar-refractivity contribution in [1.29, 1.82) is 0 Å². The largest absolute Gasteiger partial charge is 0.464 e. The van der Waals surface area contributed by atoms with Gasteiger partial charge < -0.3 is 15.8 Å². The maximum atomic E-state index is 11.3. The number of ether oxygens (including phenoxy) is 1. The Bertz CT molecular complexity index is 472. The molecule has 0 aliphatic heterocycles. The molecule has 0 saturated carbocycles. The van der Waals surface area contributed by atoms with E-state index in [0.717, 1.165) is 0 Å². The van der Waals surface area contributed by atoms with Crippen molar-refractivity contribution in [1.82, 2.24) is 5.32 Å². The number of nitrogen functional groups attached to an aromatic ring is 1. The molecular formula is C11H11BN2O3. The number of benzene rings is 1. The number of methoxy groups -OCH3 is 1. The Hall–Kier alpha value is -2.24. The molecule has 0 aliphatic carbocycles. The highest BCUT2D eigenvalue weighted by atomic mass is 16.5. The van der Waals surface area contributed by atoms with E-state index in [1.807, 2.05) is 0 Å². The number of hydrogen-bond acceptors (Lipinski definition) is 4. The van der Waals surface area contributed by atoms with Gasteiger partial charge in [-0.3, -0.25) is 4.79 Å². The Kier molecular flexibility index (Phi) is 4.33. The fourth-order valence-corrected chi connectivity index (χ4v) is 1.20. The van der Waals surface area contributed by atoms with Crippen molar-refractivity contribution in [3.63, 3.8) is 0 Å². The molecule has 1 amide bonds. The van der Waals surface area contributed by atoms with Crippen LogP contribution in [-0.4, -0.2) is 26.7 Å². The van der Waals surface area contributed by atoms with E-state index in [9.17, 15) is 9.59 Å². The molecule has 0 spiro atoms. The van der Waals surface area contributed by atoms with Crippen LogP contribution < -0.4 is 11.1 Å². The zero-order valence-corrected chi connectivity index (χ0v) is 9.27. The van der Waals surface area contributed by atoms with E-state index in [4.69, 9.17) is 13.6 Å². The Morgan fingerprint density at radius 2 is 2.18 bits per heavy atom. The summed E-state index contributed by atoms with van der Waals surface area (Å²) in [5.41, 5.74) is 6.73. The molecule has 0 atom stereocenters. The molecule has 0 unspecified atom stereocenters. The average molecular weight is 230 g/mol. The first kappa shape index (κ1) is 12.8. The van der Waals surface area contributed by atoms with Crippen molar-refractivity contribution in [3.05, 3.63) is 35.5 Å². The fraction of sp³-hybridized carbons (Fsp3) is 0.0909. The molecule has 0 saturated heterocycles. The Morgan fingerprint density at radius 1 is 1.47 bits per heavy atom. The predicted octanol–water partition coefficient (Wildman–Crippen LogP) is 0.661. The summed E-state index contributed by atoms with van der Waals surface area (Å²) < 4.78 is 4.51. The summed E-state index contributed by atoms with van der Waals surface area (Å²) >= 11 is 0. The van der Waals surface area contributed by atoms with Crippen molar-refractivity contribution in [3.8, 4) is 0 Å². The Balaban J connectivity index is 3.04. The second-order valence-electron chi connectivity index (χ2n) is 3.21. The zero-order chi connectivity index (χ0) is 12.8. The van der Waals surface area contributed by atoms with Crippen molar-refractivity contribution in [2.75, 3.05) is 12.8 Å². The number of rotatable bonds is 3. The molecule has 1 rings (SSSR count). The van der Waals surface area contributed by atoms with Gasteiger partial charge in [0.1, 0.15) is 5.70 Å². The molecule has 6 heteroatoms. The summed E-state index contributed by atoms with van der Waals surface area (Å²) in [5.74, 6) is -1.53. The smallest absolute Gasteiger partial charge is 0.354 e. The van der Waals surface area contributed by atoms with Gasteiger partial charge in [0.05, 0.1) is 7.11 Å². The van der Waals surface area contributed by atoms with Crippen LogP contribution in [0.2, 0.25) is 0 Å². The van der Waals surface area contributed by atoms with Crippen LogP contribution >= 0.6 is 0 Å². The van der Waals surface area contributed by atoms with E-state index in [0.29, 0.717) is 11.3 Å². The normalized spacial score (nSPS) is 10.8. The molecule has 3 N–H and O–H groups in total. The number of hydrogen-bond donors (Lipinski definition) is 2. The summed E-state index contributed by atoms with van der Waals surface area (Å²) in [4.78, 5) is 22.1. The number of esters is 1. The van der Waals surface area contributed by atoms with Crippen LogP contribution in [0, 0.1) is 0 Å². The highest BCUT2D eigenvalue weighted by Gasteiger charge is 2.10. The number of carbonyl (C=O) groups is 2. The van der Waals surface area contributed by atoms with Gasteiger partial charge in [-0.1, -0.05) is 12.1 Å². The molecule has 86 valence electrons. The van der Waals surface area contributed by atoms with Crippen LogP contribution in [0.5, 0.6) is 0 Å². The average Bonchev–Trinajstić information content (AvgIpc) is 2.26. The lowest BCUT2D eigenvalue weighted by molar-refractivity contribution is -0.136. The van der Waals surface area contributed by atoms with Gasteiger partial charge in [0.15, 0.2) is 5.81 Å². The number of nitrogens with one attached hydrogen (secondary N) is 1. The van der Waals surface area contributed by atoms with Crippen LogP contribution in [0.1, 0.15) is 5.56 Å². The maximum Gasteiger partial charge on any atom is 0.354 e. The van der Waals surface area contributed by atoms with Crippen LogP contribution in [0.25, 0.3) is 6.08 Å². The summed E-state index contributed by atoms with van der Waals surface area (Å²) in [6, 6.07) is 6.80. The van der Waals surface area contributed by atoms with E-state index in [-0.39, 0.29) is 5.70 Å². The Labute approximate surface area is 100 Å². The fourth-order valence-electron chi connectivity index (χ4n) is 1.20. The van der Waals surface area contributed by atoms with Gasteiger partial charge in [0.2, 0.25) is 7.85 Å². The number of nitrogens with two attached hydrogens (primary N) is 1. The SMILES string of the molecule is [B]C(=O)NC(=Cc1cccc(N)c1)C(=O)OC. The molecular weight excluding hydrogens is 219 g/mol. The predicted molar refractivity (Wildman–Crippen MR) is 65.1 cm³/mol. The third-order valence-corrected chi connectivity index (χ3v) is 1.88. The Morgan fingerprint density at radius 3 is 2.71 bits per heavy atom. The summed E-state index contributed by atoms with van der Waals surface area (Å²) in [7, 11) is 6.15. The highest BCUT2D eigenvalue weighted by molar-refractivity contribution is 6.57. The minimum absolute atomic E-state index is 0.0504. The first-order chi connectivity index (χ1) is 8.02. The van der Waals surface area contributed by atoms with Gasteiger partial charge in [-0.2, -0.15) is 0 Å². The lowest BCUT2D eigenvalue weighted by Gasteiger charge is -2.06. The van der Waals surface area contributed by atoms with Crippen molar-refractivity contribution in [2.24, 2.45) is 0 Å². The van der Waals surface area contributed by atoms with Crippen molar-refractivity contribution >= 4 is 31.4 Å². The molecule has 0 bridgehead atoms. The van der Waals surface area contributed by atoms with E-state index < -0.39 is 11.8 Å². The molecule has 17 heavy (non-hydrogen) atoms. The van der Waals surface area contributed by atoms with E-state index in [2.05, 4.69) is 10.1 Å². The van der Waals surface area contributed by atoms with Crippen molar-refractivity contribution in [2.45, 2.75) is 0 Å². The van der Waals surface area contributed by atoms with Gasteiger partial charge >= 0.3 is 5.97 Å². The zero-order valence-electron chi connectivity index (χ0n) is 9.27. The third-order valence-electron chi connectivity index (χ3n) is 1.88. The first-order valence-corrected chi connectivity index (χ1v) is 4.75. The quantitative estimate of drug-likeness (QED) is 0.346.